The third-order valence-corrected chi connectivity index (χ3v) is 6.01. The van der Waals surface area contributed by atoms with Gasteiger partial charge in [0, 0.05) is 10.4 Å². The zero-order chi connectivity index (χ0) is 14.2. The molecule has 2 aromatic rings. The Kier molecular flexibility index (Phi) is 3.24. The second-order valence-electron chi connectivity index (χ2n) is 4.98. The van der Waals surface area contributed by atoms with Crippen molar-refractivity contribution in [1.82, 2.24) is 0 Å². The summed E-state index contributed by atoms with van der Waals surface area (Å²) in [6, 6.07) is 10.0. The van der Waals surface area contributed by atoms with Gasteiger partial charge in [-0.05, 0) is 29.2 Å². The molecule has 1 N–H and O–H groups in total. The molecule has 0 fully saturated rings. The van der Waals surface area contributed by atoms with Crippen LogP contribution in [0.3, 0.4) is 0 Å². The van der Waals surface area contributed by atoms with Crippen molar-refractivity contribution in [3.63, 3.8) is 0 Å². The number of hydrogen-bond donors (Lipinski definition) is 1. The van der Waals surface area contributed by atoms with E-state index in [1.165, 1.54) is 10.5 Å². The van der Waals surface area contributed by atoms with Crippen molar-refractivity contribution in [1.29, 1.82) is 0 Å². The van der Waals surface area contributed by atoms with E-state index >= 15 is 0 Å². The molecule has 4 rings (SSSR count). The van der Waals surface area contributed by atoms with Gasteiger partial charge in [-0.2, -0.15) is 0 Å². The summed E-state index contributed by atoms with van der Waals surface area (Å²) in [7, 11) is 0. The monoisotopic (exact) mass is 315 g/mol. The second-order valence-corrected chi connectivity index (χ2v) is 7.02. The molecule has 0 spiro atoms. The lowest BCUT2D eigenvalue weighted by Gasteiger charge is -2.23. The summed E-state index contributed by atoms with van der Waals surface area (Å²) in [5.74, 6) is 1.48. The highest BCUT2D eigenvalue weighted by Gasteiger charge is 2.28. The van der Waals surface area contributed by atoms with Gasteiger partial charge in [0.15, 0.2) is 0 Å². The number of anilines is 1. The minimum Gasteiger partial charge on any atom is -0.489 e. The lowest BCUT2D eigenvalue weighted by molar-refractivity contribution is -0.113. The third kappa shape index (κ3) is 2.36. The van der Waals surface area contributed by atoms with Gasteiger partial charge in [-0.15, -0.1) is 23.1 Å². The summed E-state index contributed by atoms with van der Waals surface area (Å²) >= 11 is 3.36. The summed E-state index contributed by atoms with van der Waals surface area (Å²) in [4.78, 5) is 13.0. The molecule has 3 nitrogen and oxygen atoms in total. The summed E-state index contributed by atoms with van der Waals surface area (Å²) in [5.41, 5.74) is 3.28. The van der Waals surface area contributed by atoms with Gasteiger partial charge < -0.3 is 10.1 Å². The first-order valence-corrected chi connectivity index (χ1v) is 8.65. The van der Waals surface area contributed by atoms with E-state index in [2.05, 4.69) is 17.5 Å². The zero-order valence-electron chi connectivity index (χ0n) is 11.2. The predicted octanol–water partition coefficient (Wildman–Crippen LogP) is 3.95. The molecule has 1 amide bonds. The third-order valence-electron chi connectivity index (χ3n) is 3.58. The van der Waals surface area contributed by atoms with Gasteiger partial charge in [0.2, 0.25) is 5.91 Å². The van der Waals surface area contributed by atoms with Crippen molar-refractivity contribution in [3.8, 4) is 5.75 Å². The van der Waals surface area contributed by atoms with Crippen molar-refractivity contribution in [3.05, 3.63) is 51.7 Å². The highest BCUT2D eigenvalue weighted by molar-refractivity contribution is 8.00. The molecule has 2 aliphatic heterocycles. The van der Waals surface area contributed by atoms with Crippen molar-refractivity contribution in [2.75, 3.05) is 17.7 Å². The average molecular weight is 315 g/mol. The largest absolute Gasteiger partial charge is 0.489 e. The Morgan fingerprint density at radius 3 is 3.10 bits per heavy atom. The minimum atomic E-state index is 0.0693. The number of carbonyl (C=O) groups is 1. The van der Waals surface area contributed by atoms with E-state index in [1.54, 1.807) is 23.1 Å². The molecule has 0 saturated heterocycles. The highest BCUT2D eigenvalue weighted by Crippen LogP contribution is 2.46. The van der Waals surface area contributed by atoms with Crippen LogP contribution >= 0.6 is 23.1 Å². The summed E-state index contributed by atoms with van der Waals surface area (Å²) in [6.45, 7) is 0.584. The first kappa shape index (κ1) is 13.0. The summed E-state index contributed by atoms with van der Waals surface area (Å²) < 4.78 is 5.87. The first-order valence-electron chi connectivity index (χ1n) is 6.72. The lowest BCUT2D eigenvalue weighted by atomic mass is 10.0. The molecule has 0 bridgehead atoms. The van der Waals surface area contributed by atoms with Crippen LogP contribution in [0.25, 0.3) is 6.08 Å². The molecule has 0 radical (unpaired) electrons. The fourth-order valence-electron chi connectivity index (χ4n) is 2.61. The van der Waals surface area contributed by atoms with E-state index in [-0.39, 0.29) is 11.2 Å². The maximum atomic E-state index is 11.8. The van der Waals surface area contributed by atoms with Crippen LogP contribution in [0.4, 0.5) is 5.69 Å². The molecule has 1 aromatic heterocycles. The number of para-hydroxylation sites is 1. The summed E-state index contributed by atoms with van der Waals surface area (Å²) in [5, 5.41) is 5.19. The van der Waals surface area contributed by atoms with Crippen LogP contribution in [0.15, 0.2) is 41.3 Å². The molecular weight excluding hydrogens is 302 g/mol. The number of rotatable bonds is 1. The smallest absolute Gasteiger partial charge is 0.234 e. The maximum Gasteiger partial charge on any atom is 0.234 e. The maximum absolute atomic E-state index is 11.8. The Morgan fingerprint density at radius 2 is 2.14 bits per heavy atom. The van der Waals surface area contributed by atoms with Gasteiger partial charge in [0.1, 0.15) is 12.4 Å². The standard InChI is InChI=1S/C16H13NO2S2/c18-14-9-21-15(16-12(17-14)5-6-20-16)11-7-10-3-1-2-4-13(10)19-8-11/h1-7,15H,8-9H2,(H,17,18)/t15-/m0/s1. The Balaban J connectivity index is 1.75. The Bertz CT molecular complexity index is 735. The number of ether oxygens (including phenoxy) is 1. The molecule has 106 valence electrons. The second kappa shape index (κ2) is 5.24. The normalized spacial score (nSPS) is 20.5. The van der Waals surface area contributed by atoms with Crippen LogP contribution in [0.5, 0.6) is 5.75 Å². The van der Waals surface area contributed by atoms with E-state index in [4.69, 9.17) is 4.74 Å². The van der Waals surface area contributed by atoms with E-state index in [9.17, 15) is 4.79 Å². The number of thioether (sulfide) groups is 1. The summed E-state index contributed by atoms with van der Waals surface area (Å²) in [6.07, 6.45) is 2.20. The SMILES string of the molecule is O=C1CS[C@@H](C2=Cc3ccccc3OC2)c2sccc2N1. The zero-order valence-corrected chi connectivity index (χ0v) is 12.8. The van der Waals surface area contributed by atoms with E-state index < -0.39 is 0 Å². The van der Waals surface area contributed by atoms with Gasteiger partial charge in [-0.25, -0.2) is 0 Å². The predicted molar refractivity (Wildman–Crippen MR) is 88.1 cm³/mol. The van der Waals surface area contributed by atoms with Crippen molar-refractivity contribution < 1.29 is 9.53 Å². The molecule has 1 atom stereocenters. The Morgan fingerprint density at radius 1 is 1.24 bits per heavy atom. The number of nitrogens with one attached hydrogen (secondary N) is 1. The molecule has 3 heterocycles. The van der Waals surface area contributed by atoms with Crippen LogP contribution in [-0.4, -0.2) is 18.3 Å². The fraction of sp³-hybridized carbons (Fsp3) is 0.188. The van der Waals surface area contributed by atoms with Crippen molar-refractivity contribution in [2.24, 2.45) is 0 Å². The lowest BCUT2D eigenvalue weighted by Crippen LogP contribution is -2.12. The number of carbonyl (C=O) groups excluding carboxylic acids is 1. The molecule has 1 aromatic carbocycles. The molecule has 2 aliphatic rings. The quantitative estimate of drug-likeness (QED) is 0.866. The highest BCUT2D eigenvalue weighted by atomic mass is 32.2. The number of amides is 1. The van der Waals surface area contributed by atoms with Crippen LogP contribution in [0.1, 0.15) is 15.7 Å². The average Bonchev–Trinajstić information content (AvgIpc) is 2.89. The fourth-order valence-corrected chi connectivity index (χ4v) is 4.87. The topological polar surface area (TPSA) is 38.3 Å². The van der Waals surface area contributed by atoms with Gasteiger partial charge in [0.05, 0.1) is 16.7 Å². The molecule has 0 saturated carbocycles. The van der Waals surface area contributed by atoms with Crippen LogP contribution in [0.2, 0.25) is 0 Å². The number of hydrogen-bond acceptors (Lipinski definition) is 4. The van der Waals surface area contributed by atoms with Crippen molar-refractivity contribution in [2.45, 2.75) is 5.25 Å². The van der Waals surface area contributed by atoms with E-state index in [0.717, 1.165) is 17.0 Å². The van der Waals surface area contributed by atoms with E-state index in [0.29, 0.717) is 12.4 Å². The Labute approximate surface area is 131 Å². The molecule has 5 heteroatoms. The van der Waals surface area contributed by atoms with Gasteiger partial charge in [0.25, 0.3) is 0 Å². The first-order chi connectivity index (χ1) is 10.3. The molecule has 0 unspecified atom stereocenters. The number of fused-ring (bicyclic) bond motifs is 2. The van der Waals surface area contributed by atoms with Crippen LogP contribution in [-0.2, 0) is 4.79 Å². The van der Waals surface area contributed by atoms with E-state index in [1.807, 2.05) is 29.6 Å². The van der Waals surface area contributed by atoms with Crippen LogP contribution < -0.4 is 10.1 Å². The molecule has 21 heavy (non-hydrogen) atoms. The number of thiophene rings is 1. The van der Waals surface area contributed by atoms with Crippen molar-refractivity contribution >= 4 is 40.8 Å². The Hall–Kier alpha value is -1.72. The number of benzene rings is 1. The molecule has 0 aliphatic carbocycles. The van der Waals surface area contributed by atoms with Gasteiger partial charge in [-0.3, -0.25) is 4.79 Å². The molecular formula is C16H13NO2S2. The van der Waals surface area contributed by atoms with Crippen LogP contribution in [0, 0.1) is 0 Å². The van der Waals surface area contributed by atoms with Gasteiger partial charge >= 0.3 is 0 Å². The van der Waals surface area contributed by atoms with Gasteiger partial charge in [-0.1, -0.05) is 18.2 Å². The minimum absolute atomic E-state index is 0.0693.